The average Bonchev–Trinajstić information content (AvgIpc) is 3.12. The Morgan fingerprint density at radius 2 is 1.94 bits per heavy atom. The molecule has 1 fully saturated rings. The highest BCUT2D eigenvalue weighted by Gasteiger charge is 2.23. The Morgan fingerprint density at radius 1 is 1.12 bits per heavy atom. The molecule has 0 atom stereocenters. The van der Waals surface area contributed by atoms with E-state index in [2.05, 4.69) is 15.6 Å². The van der Waals surface area contributed by atoms with Gasteiger partial charge in [0, 0.05) is 5.69 Å². The van der Waals surface area contributed by atoms with E-state index in [0.29, 0.717) is 26.5 Å². The number of thioether (sulfide) groups is 1. The molecule has 0 aromatic heterocycles. The topological polar surface area (TPSA) is 79.8 Å². The predicted octanol–water partition coefficient (Wildman–Crippen LogP) is 5.56. The van der Waals surface area contributed by atoms with Crippen LogP contribution in [0.15, 0.2) is 82.7 Å². The van der Waals surface area contributed by atoms with Gasteiger partial charge in [0.25, 0.3) is 11.8 Å². The molecule has 166 valence electrons. The molecule has 1 aliphatic heterocycles. The second-order valence-corrected chi connectivity index (χ2v) is 8.65. The number of amidine groups is 1. The van der Waals surface area contributed by atoms with Crippen molar-refractivity contribution < 1.29 is 14.3 Å². The molecule has 0 unspecified atom stereocenters. The number of aliphatic imine (C=N–C) groups is 1. The number of nitrogens with zero attached hydrogens (tertiary/aromatic N) is 1. The average molecular weight is 478 g/mol. The van der Waals surface area contributed by atoms with E-state index in [1.54, 1.807) is 24.3 Å². The normalized spacial score (nSPS) is 15.5. The zero-order valence-corrected chi connectivity index (χ0v) is 19.2. The lowest BCUT2D eigenvalue weighted by Crippen LogP contribution is -2.20. The van der Waals surface area contributed by atoms with Gasteiger partial charge in [-0.15, -0.1) is 0 Å². The van der Waals surface area contributed by atoms with Crippen molar-refractivity contribution in [1.82, 2.24) is 5.32 Å². The minimum atomic E-state index is -0.285. The monoisotopic (exact) mass is 477 g/mol. The molecule has 0 spiro atoms. The lowest BCUT2D eigenvalue weighted by atomic mass is 10.2. The second-order valence-electron chi connectivity index (χ2n) is 7.21. The van der Waals surface area contributed by atoms with Gasteiger partial charge in [-0.05, 0) is 72.3 Å². The number of benzene rings is 3. The number of nitrogens with one attached hydrogen (secondary N) is 2. The Balaban J connectivity index is 1.38. The number of amides is 2. The van der Waals surface area contributed by atoms with Gasteiger partial charge < -0.3 is 15.4 Å². The fourth-order valence-electron chi connectivity index (χ4n) is 3.04. The van der Waals surface area contributed by atoms with Crippen molar-refractivity contribution in [3.63, 3.8) is 0 Å². The van der Waals surface area contributed by atoms with Crippen molar-refractivity contribution in [3.8, 4) is 5.75 Å². The standard InChI is InChI=1S/C25H20ClN3O3S/c1-16-6-5-9-19(12-16)27-23(30)15-32-21-11-10-17(13-20(21)26)14-22-24(31)29-25(33-22)28-18-7-3-2-4-8-18/h2-14H,15H2,1H3,(H,27,30)(H,28,29,31)/b22-14-. The molecular weight excluding hydrogens is 458 g/mol. The highest BCUT2D eigenvalue weighted by Crippen LogP contribution is 2.31. The molecule has 0 radical (unpaired) electrons. The van der Waals surface area contributed by atoms with Crippen molar-refractivity contribution in [2.24, 2.45) is 4.99 Å². The minimum absolute atomic E-state index is 0.175. The molecule has 2 N–H and O–H groups in total. The number of ether oxygens (including phenoxy) is 1. The van der Waals surface area contributed by atoms with Gasteiger partial charge in [-0.2, -0.15) is 0 Å². The van der Waals surface area contributed by atoms with E-state index in [4.69, 9.17) is 16.3 Å². The number of hydrogen-bond acceptors (Lipinski definition) is 5. The summed E-state index contributed by atoms with van der Waals surface area (Å²) >= 11 is 7.59. The largest absolute Gasteiger partial charge is 0.482 e. The molecule has 33 heavy (non-hydrogen) atoms. The summed E-state index contributed by atoms with van der Waals surface area (Å²) in [7, 11) is 0. The molecule has 4 rings (SSSR count). The number of carbonyl (C=O) groups is 2. The van der Waals surface area contributed by atoms with E-state index >= 15 is 0 Å². The first-order valence-corrected chi connectivity index (χ1v) is 11.3. The highest BCUT2D eigenvalue weighted by atomic mass is 35.5. The summed E-state index contributed by atoms with van der Waals surface area (Å²) in [4.78, 5) is 29.4. The quantitative estimate of drug-likeness (QED) is 0.456. The van der Waals surface area contributed by atoms with Crippen molar-refractivity contribution in [3.05, 3.63) is 93.9 Å². The third kappa shape index (κ3) is 6.25. The Kier molecular flexibility index (Phi) is 7.12. The Bertz CT molecular complexity index is 1260. The maximum absolute atomic E-state index is 12.3. The number of hydrogen-bond donors (Lipinski definition) is 2. The number of halogens is 1. The molecular formula is C25H20ClN3O3S. The summed E-state index contributed by atoms with van der Waals surface area (Å²) in [6.45, 7) is 1.78. The van der Waals surface area contributed by atoms with E-state index in [1.165, 1.54) is 11.8 Å². The molecule has 1 saturated heterocycles. The lowest BCUT2D eigenvalue weighted by molar-refractivity contribution is -0.118. The van der Waals surface area contributed by atoms with Gasteiger partial charge >= 0.3 is 0 Å². The fourth-order valence-corrected chi connectivity index (χ4v) is 4.12. The number of carbonyl (C=O) groups excluding carboxylic acids is 2. The fraction of sp³-hybridized carbons (Fsp3) is 0.0800. The van der Waals surface area contributed by atoms with Crippen molar-refractivity contribution >= 4 is 57.8 Å². The summed E-state index contributed by atoms with van der Waals surface area (Å²) < 4.78 is 5.56. The molecule has 0 aliphatic carbocycles. The maximum atomic E-state index is 12.3. The number of aryl methyl sites for hydroxylation is 1. The Morgan fingerprint density at radius 3 is 2.70 bits per heavy atom. The summed E-state index contributed by atoms with van der Waals surface area (Å²) in [5, 5.41) is 6.40. The van der Waals surface area contributed by atoms with Gasteiger partial charge in [-0.3, -0.25) is 9.59 Å². The predicted molar refractivity (Wildman–Crippen MR) is 134 cm³/mol. The van der Waals surface area contributed by atoms with Gasteiger partial charge in [0.2, 0.25) is 0 Å². The van der Waals surface area contributed by atoms with E-state index in [0.717, 1.165) is 16.8 Å². The third-order valence-electron chi connectivity index (χ3n) is 4.55. The van der Waals surface area contributed by atoms with Crippen molar-refractivity contribution in [2.75, 3.05) is 11.9 Å². The number of rotatable bonds is 6. The van der Waals surface area contributed by atoms with Gasteiger partial charge in [0.1, 0.15) is 5.75 Å². The SMILES string of the molecule is Cc1cccc(NC(=O)COc2ccc(/C=C3\SC(=Nc4ccccc4)NC3=O)cc2Cl)c1. The van der Waals surface area contributed by atoms with Crippen LogP contribution in [-0.4, -0.2) is 23.6 Å². The van der Waals surface area contributed by atoms with Crippen molar-refractivity contribution in [2.45, 2.75) is 6.92 Å². The molecule has 3 aromatic carbocycles. The third-order valence-corrected chi connectivity index (χ3v) is 5.76. The smallest absolute Gasteiger partial charge is 0.264 e. The highest BCUT2D eigenvalue weighted by molar-refractivity contribution is 8.18. The first kappa shape index (κ1) is 22.6. The molecule has 8 heteroatoms. The van der Waals surface area contributed by atoms with Crippen molar-refractivity contribution in [1.29, 1.82) is 0 Å². The van der Waals surface area contributed by atoms with Crippen LogP contribution >= 0.6 is 23.4 Å². The molecule has 2 amide bonds. The van der Waals surface area contributed by atoms with Crippen LogP contribution in [0.2, 0.25) is 5.02 Å². The zero-order chi connectivity index (χ0) is 23.2. The lowest BCUT2D eigenvalue weighted by Gasteiger charge is -2.10. The van der Waals surface area contributed by atoms with Crippen LogP contribution in [-0.2, 0) is 9.59 Å². The molecule has 3 aromatic rings. The van der Waals surface area contributed by atoms with Crippen LogP contribution < -0.4 is 15.4 Å². The van der Waals surface area contributed by atoms with E-state index in [-0.39, 0.29) is 18.4 Å². The molecule has 6 nitrogen and oxygen atoms in total. The second kappa shape index (κ2) is 10.4. The first-order chi connectivity index (χ1) is 16.0. The van der Waals surface area contributed by atoms with E-state index < -0.39 is 0 Å². The number of para-hydroxylation sites is 1. The van der Waals surface area contributed by atoms with Crippen LogP contribution in [0.25, 0.3) is 6.08 Å². The van der Waals surface area contributed by atoms with Crippen LogP contribution in [0, 0.1) is 6.92 Å². The maximum Gasteiger partial charge on any atom is 0.264 e. The molecule has 0 saturated carbocycles. The van der Waals surface area contributed by atoms with Crippen LogP contribution in [0.1, 0.15) is 11.1 Å². The molecule has 1 aliphatic rings. The molecule has 1 heterocycles. The summed E-state index contributed by atoms with van der Waals surface area (Å²) in [5.41, 5.74) is 3.25. The van der Waals surface area contributed by atoms with E-state index in [9.17, 15) is 9.59 Å². The minimum Gasteiger partial charge on any atom is -0.482 e. The van der Waals surface area contributed by atoms with Gasteiger partial charge in [-0.1, -0.05) is 48.0 Å². The van der Waals surface area contributed by atoms with Gasteiger partial charge in [0.05, 0.1) is 15.6 Å². The van der Waals surface area contributed by atoms with Gasteiger partial charge in [0.15, 0.2) is 11.8 Å². The number of anilines is 1. The van der Waals surface area contributed by atoms with Crippen LogP contribution in [0.4, 0.5) is 11.4 Å². The molecule has 0 bridgehead atoms. The summed E-state index contributed by atoms with van der Waals surface area (Å²) in [6, 6.07) is 22.0. The first-order valence-electron chi connectivity index (χ1n) is 10.1. The van der Waals surface area contributed by atoms with E-state index in [1.807, 2.05) is 61.5 Å². The summed E-state index contributed by atoms with van der Waals surface area (Å²) in [6.07, 6.45) is 1.73. The van der Waals surface area contributed by atoms with Gasteiger partial charge in [-0.25, -0.2) is 4.99 Å². The zero-order valence-electron chi connectivity index (χ0n) is 17.7. The van der Waals surface area contributed by atoms with Crippen LogP contribution in [0.5, 0.6) is 5.75 Å². The Labute approximate surface area is 200 Å². The summed E-state index contributed by atoms with van der Waals surface area (Å²) in [5.74, 6) is -0.126. The van der Waals surface area contributed by atoms with Crippen LogP contribution in [0.3, 0.4) is 0 Å². The Hall–Kier alpha value is -3.55.